The van der Waals surface area contributed by atoms with E-state index in [-0.39, 0.29) is 6.03 Å². The summed E-state index contributed by atoms with van der Waals surface area (Å²) < 4.78 is 0. The fourth-order valence-corrected chi connectivity index (χ4v) is 2.40. The second kappa shape index (κ2) is 6.88. The van der Waals surface area contributed by atoms with Crippen LogP contribution in [0.3, 0.4) is 0 Å². The molecule has 1 aromatic rings. The standard InChI is InChI=1S/C14H19N3O3/c18-13(19)12-3-1-2-10-17(12)14(20)16-9-6-11-4-7-15-8-5-11/h4-5,7-8,12H,1-3,6,9-10H2,(H,16,20)(H,18,19). The fourth-order valence-electron chi connectivity index (χ4n) is 2.40. The molecule has 1 aliphatic rings. The number of pyridine rings is 1. The van der Waals surface area contributed by atoms with Gasteiger partial charge >= 0.3 is 12.0 Å². The largest absolute Gasteiger partial charge is 0.480 e. The molecule has 1 unspecified atom stereocenters. The van der Waals surface area contributed by atoms with Gasteiger partial charge in [-0.15, -0.1) is 0 Å². The zero-order valence-electron chi connectivity index (χ0n) is 11.3. The van der Waals surface area contributed by atoms with Crippen molar-refractivity contribution < 1.29 is 14.7 Å². The Morgan fingerprint density at radius 3 is 2.80 bits per heavy atom. The van der Waals surface area contributed by atoms with Crippen molar-refractivity contribution >= 4 is 12.0 Å². The molecule has 2 rings (SSSR count). The van der Waals surface area contributed by atoms with Crippen LogP contribution in [0.1, 0.15) is 24.8 Å². The summed E-state index contributed by atoms with van der Waals surface area (Å²) in [7, 11) is 0. The molecule has 6 heteroatoms. The molecule has 0 bridgehead atoms. The number of aromatic nitrogens is 1. The lowest BCUT2D eigenvalue weighted by atomic mass is 10.0. The molecule has 0 saturated carbocycles. The Morgan fingerprint density at radius 2 is 2.10 bits per heavy atom. The van der Waals surface area contributed by atoms with Crippen molar-refractivity contribution in [2.24, 2.45) is 0 Å². The number of urea groups is 1. The van der Waals surface area contributed by atoms with E-state index in [1.807, 2.05) is 12.1 Å². The van der Waals surface area contributed by atoms with Crippen molar-refractivity contribution in [2.75, 3.05) is 13.1 Å². The predicted molar refractivity (Wildman–Crippen MR) is 73.3 cm³/mol. The molecule has 6 nitrogen and oxygen atoms in total. The van der Waals surface area contributed by atoms with E-state index >= 15 is 0 Å². The summed E-state index contributed by atoms with van der Waals surface area (Å²) in [6, 6.07) is 2.82. The average molecular weight is 277 g/mol. The van der Waals surface area contributed by atoms with Crippen LogP contribution in [0.2, 0.25) is 0 Å². The van der Waals surface area contributed by atoms with Gasteiger partial charge in [0.25, 0.3) is 0 Å². The van der Waals surface area contributed by atoms with Gasteiger partial charge in [0, 0.05) is 25.5 Å². The second-order valence-electron chi connectivity index (χ2n) is 4.88. The number of hydrogen-bond donors (Lipinski definition) is 2. The quantitative estimate of drug-likeness (QED) is 0.868. The number of likely N-dealkylation sites (tertiary alicyclic amines) is 1. The van der Waals surface area contributed by atoms with Gasteiger partial charge in [-0.3, -0.25) is 4.98 Å². The Labute approximate surface area is 117 Å². The van der Waals surface area contributed by atoms with Crippen LogP contribution in [0, 0.1) is 0 Å². The number of carbonyl (C=O) groups excluding carboxylic acids is 1. The molecule has 1 fully saturated rings. The molecular formula is C14H19N3O3. The van der Waals surface area contributed by atoms with Crippen LogP contribution in [-0.2, 0) is 11.2 Å². The Balaban J connectivity index is 1.83. The SMILES string of the molecule is O=C(O)C1CCCCN1C(=O)NCCc1ccncc1. The number of nitrogens with one attached hydrogen (secondary N) is 1. The molecule has 0 aliphatic carbocycles. The molecule has 20 heavy (non-hydrogen) atoms. The van der Waals surface area contributed by atoms with Crippen LogP contribution < -0.4 is 5.32 Å². The highest BCUT2D eigenvalue weighted by molar-refractivity contribution is 5.82. The van der Waals surface area contributed by atoms with Gasteiger partial charge < -0.3 is 15.3 Å². The van der Waals surface area contributed by atoms with Gasteiger partial charge in [0.15, 0.2) is 0 Å². The van der Waals surface area contributed by atoms with E-state index in [2.05, 4.69) is 10.3 Å². The summed E-state index contributed by atoms with van der Waals surface area (Å²) >= 11 is 0. The average Bonchev–Trinajstić information content (AvgIpc) is 2.48. The minimum absolute atomic E-state index is 0.286. The normalized spacial score (nSPS) is 18.6. The van der Waals surface area contributed by atoms with Crippen molar-refractivity contribution in [2.45, 2.75) is 31.7 Å². The number of carboxylic acid groups (broad SMARTS) is 1. The van der Waals surface area contributed by atoms with Gasteiger partial charge in [-0.05, 0) is 43.4 Å². The number of amides is 2. The van der Waals surface area contributed by atoms with E-state index in [0.29, 0.717) is 25.9 Å². The lowest BCUT2D eigenvalue weighted by Crippen LogP contribution is -2.52. The van der Waals surface area contributed by atoms with Crippen molar-refractivity contribution in [3.8, 4) is 0 Å². The highest BCUT2D eigenvalue weighted by atomic mass is 16.4. The second-order valence-corrected chi connectivity index (χ2v) is 4.88. The number of carboxylic acids is 1. The first-order chi connectivity index (χ1) is 9.68. The first-order valence-corrected chi connectivity index (χ1v) is 6.84. The van der Waals surface area contributed by atoms with E-state index in [0.717, 1.165) is 18.4 Å². The minimum atomic E-state index is -0.922. The minimum Gasteiger partial charge on any atom is -0.480 e. The van der Waals surface area contributed by atoms with E-state index in [4.69, 9.17) is 5.11 Å². The number of aliphatic carboxylic acids is 1. The first kappa shape index (κ1) is 14.3. The van der Waals surface area contributed by atoms with Crippen LogP contribution in [0.25, 0.3) is 0 Å². The first-order valence-electron chi connectivity index (χ1n) is 6.84. The summed E-state index contributed by atoms with van der Waals surface area (Å²) in [4.78, 5) is 28.5. The Hall–Kier alpha value is -2.11. The van der Waals surface area contributed by atoms with Gasteiger partial charge in [0.1, 0.15) is 6.04 Å². The molecule has 1 atom stereocenters. The van der Waals surface area contributed by atoms with E-state index in [9.17, 15) is 9.59 Å². The summed E-state index contributed by atoms with van der Waals surface area (Å²) in [6.45, 7) is 1.00. The van der Waals surface area contributed by atoms with Crippen LogP contribution in [0.5, 0.6) is 0 Å². The van der Waals surface area contributed by atoms with Gasteiger partial charge in [-0.25, -0.2) is 9.59 Å². The van der Waals surface area contributed by atoms with E-state index < -0.39 is 12.0 Å². The summed E-state index contributed by atoms with van der Waals surface area (Å²) in [5.41, 5.74) is 1.09. The Morgan fingerprint density at radius 1 is 1.35 bits per heavy atom. The number of carbonyl (C=O) groups is 2. The molecule has 0 spiro atoms. The van der Waals surface area contributed by atoms with Crippen LogP contribution in [0.4, 0.5) is 4.79 Å². The molecule has 108 valence electrons. The lowest BCUT2D eigenvalue weighted by molar-refractivity contribution is -0.143. The van der Waals surface area contributed by atoms with Gasteiger partial charge in [-0.1, -0.05) is 0 Å². The number of rotatable bonds is 4. The maximum Gasteiger partial charge on any atom is 0.326 e. The highest BCUT2D eigenvalue weighted by Crippen LogP contribution is 2.17. The van der Waals surface area contributed by atoms with Gasteiger partial charge in [0.2, 0.25) is 0 Å². The van der Waals surface area contributed by atoms with E-state index in [1.165, 1.54) is 4.90 Å². The highest BCUT2D eigenvalue weighted by Gasteiger charge is 2.31. The van der Waals surface area contributed by atoms with Crippen molar-refractivity contribution in [1.82, 2.24) is 15.2 Å². The molecule has 0 radical (unpaired) electrons. The summed E-state index contributed by atoms with van der Waals surface area (Å²) in [5.74, 6) is -0.922. The van der Waals surface area contributed by atoms with Crippen molar-refractivity contribution in [3.05, 3.63) is 30.1 Å². The maximum absolute atomic E-state index is 12.0. The maximum atomic E-state index is 12.0. The Kier molecular flexibility index (Phi) is 4.92. The van der Waals surface area contributed by atoms with Crippen molar-refractivity contribution in [3.63, 3.8) is 0 Å². The molecule has 2 N–H and O–H groups in total. The summed E-state index contributed by atoms with van der Waals surface area (Å²) in [5, 5.41) is 11.9. The third kappa shape index (κ3) is 3.69. The number of piperidine rings is 1. The third-order valence-corrected chi connectivity index (χ3v) is 3.49. The van der Waals surface area contributed by atoms with Crippen LogP contribution in [-0.4, -0.2) is 46.1 Å². The van der Waals surface area contributed by atoms with Crippen molar-refractivity contribution in [1.29, 1.82) is 0 Å². The zero-order chi connectivity index (χ0) is 14.4. The number of nitrogens with zero attached hydrogens (tertiary/aromatic N) is 2. The monoisotopic (exact) mass is 277 g/mol. The van der Waals surface area contributed by atoms with Crippen LogP contribution >= 0.6 is 0 Å². The number of hydrogen-bond acceptors (Lipinski definition) is 3. The molecule has 1 saturated heterocycles. The zero-order valence-corrected chi connectivity index (χ0v) is 11.3. The molecule has 2 heterocycles. The predicted octanol–water partition coefficient (Wildman–Crippen LogP) is 1.27. The fraction of sp³-hybridized carbons (Fsp3) is 0.500. The molecule has 2 amide bonds. The summed E-state index contributed by atoms with van der Waals surface area (Å²) in [6.07, 6.45) is 6.39. The van der Waals surface area contributed by atoms with Gasteiger partial charge in [0.05, 0.1) is 0 Å². The molecule has 1 aromatic heterocycles. The smallest absolute Gasteiger partial charge is 0.326 e. The van der Waals surface area contributed by atoms with Gasteiger partial charge in [-0.2, -0.15) is 0 Å². The lowest BCUT2D eigenvalue weighted by Gasteiger charge is -2.32. The Bertz CT molecular complexity index is 464. The molecule has 0 aromatic carbocycles. The van der Waals surface area contributed by atoms with E-state index in [1.54, 1.807) is 12.4 Å². The molecule has 1 aliphatic heterocycles. The van der Waals surface area contributed by atoms with Crippen LogP contribution in [0.15, 0.2) is 24.5 Å². The molecular weight excluding hydrogens is 258 g/mol. The topological polar surface area (TPSA) is 82.5 Å². The third-order valence-electron chi connectivity index (χ3n) is 3.49.